The van der Waals surface area contributed by atoms with Gasteiger partial charge in [-0.15, -0.1) is 0 Å². The summed E-state index contributed by atoms with van der Waals surface area (Å²) < 4.78 is 5.07. The third-order valence-corrected chi connectivity index (χ3v) is 3.28. The van der Waals surface area contributed by atoms with Crippen LogP contribution in [0.1, 0.15) is 18.5 Å². The molecule has 0 spiro atoms. The van der Waals surface area contributed by atoms with Gasteiger partial charge in [0.2, 0.25) is 0 Å². The molecule has 1 heterocycles. The van der Waals surface area contributed by atoms with Crippen LogP contribution in [-0.2, 0) is 4.79 Å². The molecule has 2 rings (SSSR count). The van der Waals surface area contributed by atoms with Crippen molar-refractivity contribution in [2.75, 3.05) is 13.7 Å². The van der Waals surface area contributed by atoms with E-state index in [2.05, 4.69) is 5.32 Å². The highest BCUT2D eigenvalue weighted by atomic mass is 16.5. The predicted molar refractivity (Wildman–Crippen MR) is 68.1 cm³/mol. The molecular weight excluding hydrogens is 248 g/mol. The highest BCUT2D eigenvalue weighted by Crippen LogP contribution is 2.23. The number of methoxy groups -OCH3 is 1. The summed E-state index contributed by atoms with van der Waals surface area (Å²) in [4.78, 5) is 24.0. The molecule has 1 aromatic carbocycles. The van der Waals surface area contributed by atoms with E-state index < -0.39 is 12.0 Å². The standard InChI is InChI=1S/C13H16N2O4/c1-8(12(16)17)15-7-11(14-13(15)18)9-3-5-10(19-2)6-4-9/h3-6,8,11H,7H2,1-2H3,(H,14,18)(H,16,17). The third kappa shape index (κ3) is 2.62. The van der Waals surface area contributed by atoms with Gasteiger partial charge in [-0.2, -0.15) is 0 Å². The van der Waals surface area contributed by atoms with Gasteiger partial charge in [0.25, 0.3) is 0 Å². The lowest BCUT2D eigenvalue weighted by molar-refractivity contribution is -0.141. The van der Waals surface area contributed by atoms with Crippen molar-refractivity contribution in [2.24, 2.45) is 0 Å². The second kappa shape index (κ2) is 5.17. The number of urea groups is 1. The number of amides is 2. The summed E-state index contributed by atoms with van der Waals surface area (Å²) in [5, 5.41) is 11.7. The van der Waals surface area contributed by atoms with Gasteiger partial charge in [0.1, 0.15) is 11.8 Å². The zero-order chi connectivity index (χ0) is 14.0. The van der Waals surface area contributed by atoms with E-state index in [1.54, 1.807) is 7.11 Å². The number of carbonyl (C=O) groups is 2. The van der Waals surface area contributed by atoms with Gasteiger partial charge in [-0.05, 0) is 24.6 Å². The summed E-state index contributed by atoms with van der Waals surface area (Å²) in [7, 11) is 1.59. The molecule has 0 aliphatic carbocycles. The molecule has 19 heavy (non-hydrogen) atoms. The third-order valence-electron chi connectivity index (χ3n) is 3.28. The molecule has 2 unspecified atom stereocenters. The molecular formula is C13H16N2O4. The molecule has 1 aromatic rings. The number of ether oxygens (including phenoxy) is 1. The number of aliphatic carboxylic acids is 1. The van der Waals surface area contributed by atoms with Crippen LogP contribution in [0.4, 0.5) is 4.79 Å². The average molecular weight is 264 g/mol. The van der Waals surface area contributed by atoms with Crippen molar-refractivity contribution in [2.45, 2.75) is 19.0 Å². The highest BCUT2D eigenvalue weighted by Gasteiger charge is 2.35. The number of nitrogens with one attached hydrogen (secondary N) is 1. The maximum absolute atomic E-state index is 11.8. The number of hydrogen-bond donors (Lipinski definition) is 2. The molecule has 2 atom stereocenters. The second-order valence-electron chi connectivity index (χ2n) is 4.44. The Labute approximate surface area is 111 Å². The fraction of sp³-hybridized carbons (Fsp3) is 0.385. The van der Waals surface area contributed by atoms with Gasteiger partial charge >= 0.3 is 12.0 Å². The first-order valence-electron chi connectivity index (χ1n) is 5.97. The molecule has 1 fully saturated rings. The first kappa shape index (κ1) is 13.2. The average Bonchev–Trinajstić information content (AvgIpc) is 2.80. The fourth-order valence-electron chi connectivity index (χ4n) is 2.05. The number of carboxylic acid groups (broad SMARTS) is 1. The van der Waals surface area contributed by atoms with Gasteiger partial charge in [-0.3, -0.25) is 0 Å². The van der Waals surface area contributed by atoms with E-state index in [9.17, 15) is 9.59 Å². The largest absolute Gasteiger partial charge is 0.497 e. The van der Waals surface area contributed by atoms with Crippen molar-refractivity contribution < 1.29 is 19.4 Å². The summed E-state index contributed by atoms with van der Waals surface area (Å²) in [6, 6.07) is 5.96. The van der Waals surface area contributed by atoms with Crippen molar-refractivity contribution in [3.63, 3.8) is 0 Å². The van der Waals surface area contributed by atoms with Crippen LogP contribution < -0.4 is 10.1 Å². The van der Waals surface area contributed by atoms with Crippen molar-refractivity contribution in [3.05, 3.63) is 29.8 Å². The van der Waals surface area contributed by atoms with E-state index >= 15 is 0 Å². The summed E-state index contributed by atoms with van der Waals surface area (Å²) in [5.74, 6) is -0.269. The lowest BCUT2D eigenvalue weighted by Gasteiger charge is -2.19. The van der Waals surface area contributed by atoms with Gasteiger partial charge in [0.05, 0.1) is 13.2 Å². The van der Waals surface area contributed by atoms with Crippen LogP contribution >= 0.6 is 0 Å². The molecule has 6 heteroatoms. The smallest absolute Gasteiger partial charge is 0.326 e. The van der Waals surface area contributed by atoms with E-state index in [0.717, 1.165) is 11.3 Å². The van der Waals surface area contributed by atoms with Crippen LogP contribution in [0.15, 0.2) is 24.3 Å². The Hall–Kier alpha value is -2.24. The Balaban J connectivity index is 2.11. The molecule has 0 radical (unpaired) electrons. The SMILES string of the molecule is COc1ccc(C2CN(C(C)C(=O)O)C(=O)N2)cc1. The Bertz CT molecular complexity index is 486. The van der Waals surface area contributed by atoms with E-state index in [1.807, 2.05) is 24.3 Å². The van der Waals surface area contributed by atoms with Gasteiger partial charge in [0, 0.05) is 6.54 Å². The first-order chi connectivity index (χ1) is 9.02. The summed E-state index contributed by atoms with van der Waals surface area (Å²) in [6.07, 6.45) is 0. The zero-order valence-electron chi connectivity index (χ0n) is 10.8. The van der Waals surface area contributed by atoms with E-state index in [4.69, 9.17) is 9.84 Å². The number of rotatable bonds is 4. The Morgan fingerprint density at radius 3 is 2.63 bits per heavy atom. The molecule has 1 saturated heterocycles. The molecule has 1 aliphatic heterocycles. The van der Waals surface area contributed by atoms with Crippen LogP contribution in [0.25, 0.3) is 0 Å². The maximum atomic E-state index is 11.8. The summed E-state index contributed by atoms with van der Waals surface area (Å²) in [6.45, 7) is 1.84. The molecule has 2 amide bonds. The predicted octanol–water partition coefficient (Wildman–Crippen LogP) is 1.23. The maximum Gasteiger partial charge on any atom is 0.326 e. The number of carboxylic acids is 1. The summed E-state index contributed by atoms with van der Waals surface area (Å²) in [5.41, 5.74) is 0.925. The molecule has 2 N–H and O–H groups in total. The minimum atomic E-state index is -1.01. The summed E-state index contributed by atoms with van der Waals surface area (Å²) >= 11 is 0. The van der Waals surface area contributed by atoms with Crippen molar-refractivity contribution in [3.8, 4) is 5.75 Å². The van der Waals surface area contributed by atoms with Crippen molar-refractivity contribution in [1.29, 1.82) is 0 Å². The minimum Gasteiger partial charge on any atom is -0.497 e. The molecule has 102 valence electrons. The quantitative estimate of drug-likeness (QED) is 0.857. The topological polar surface area (TPSA) is 78.9 Å². The number of nitrogens with zero attached hydrogens (tertiary/aromatic N) is 1. The van der Waals surface area contributed by atoms with Crippen molar-refractivity contribution >= 4 is 12.0 Å². The van der Waals surface area contributed by atoms with E-state index in [-0.39, 0.29) is 12.1 Å². The van der Waals surface area contributed by atoms with Crippen LogP contribution in [0.5, 0.6) is 5.75 Å². The lowest BCUT2D eigenvalue weighted by Crippen LogP contribution is -2.40. The minimum absolute atomic E-state index is 0.194. The monoisotopic (exact) mass is 264 g/mol. The molecule has 1 aliphatic rings. The van der Waals surface area contributed by atoms with Gasteiger partial charge in [-0.25, -0.2) is 9.59 Å². The van der Waals surface area contributed by atoms with E-state index in [0.29, 0.717) is 6.54 Å². The van der Waals surface area contributed by atoms with Gasteiger partial charge in [-0.1, -0.05) is 12.1 Å². The normalized spacial score (nSPS) is 20.0. The number of benzene rings is 1. The van der Waals surface area contributed by atoms with Crippen molar-refractivity contribution in [1.82, 2.24) is 10.2 Å². The van der Waals surface area contributed by atoms with Gasteiger partial charge in [0.15, 0.2) is 0 Å². The zero-order valence-corrected chi connectivity index (χ0v) is 10.8. The Morgan fingerprint density at radius 1 is 1.47 bits per heavy atom. The molecule has 6 nitrogen and oxygen atoms in total. The molecule has 0 aromatic heterocycles. The highest BCUT2D eigenvalue weighted by molar-refractivity contribution is 5.84. The molecule has 0 bridgehead atoms. The van der Waals surface area contributed by atoms with E-state index in [1.165, 1.54) is 11.8 Å². The van der Waals surface area contributed by atoms with Crippen LogP contribution in [0.3, 0.4) is 0 Å². The second-order valence-corrected chi connectivity index (χ2v) is 4.44. The number of carbonyl (C=O) groups excluding carboxylic acids is 1. The fourth-order valence-corrected chi connectivity index (χ4v) is 2.05. The van der Waals surface area contributed by atoms with Crippen LogP contribution in [-0.4, -0.2) is 41.7 Å². The van der Waals surface area contributed by atoms with Crippen LogP contribution in [0.2, 0.25) is 0 Å². The first-order valence-corrected chi connectivity index (χ1v) is 5.97. The lowest BCUT2D eigenvalue weighted by atomic mass is 10.1. The van der Waals surface area contributed by atoms with Crippen LogP contribution in [0, 0.1) is 0 Å². The van der Waals surface area contributed by atoms with Gasteiger partial charge < -0.3 is 20.1 Å². The molecule has 0 saturated carbocycles. The Kier molecular flexibility index (Phi) is 3.59. The Morgan fingerprint density at radius 2 is 2.11 bits per heavy atom. The number of hydrogen-bond acceptors (Lipinski definition) is 3.